The summed E-state index contributed by atoms with van der Waals surface area (Å²) < 4.78 is 60.6. The smallest absolute Gasteiger partial charge is 0.390 e. The molecule has 1 saturated carbocycles. The molecule has 6 nitrogen and oxygen atoms in total. The Morgan fingerprint density at radius 2 is 1.97 bits per heavy atom. The van der Waals surface area contributed by atoms with Gasteiger partial charge in [-0.25, -0.2) is 9.37 Å². The van der Waals surface area contributed by atoms with Gasteiger partial charge in [0, 0.05) is 36.1 Å². The van der Waals surface area contributed by atoms with Crippen molar-refractivity contribution in [2.45, 2.75) is 51.2 Å². The average Bonchev–Trinajstić information content (AvgIpc) is 3.30. The van der Waals surface area contributed by atoms with Crippen LogP contribution >= 0.6 is 0 Å². The van der Waals surface area contributed by atoms with Crippen LogP contribution < -0.4 is 15.4 Å². The molecule has 39 heavy (non-hydrogen) atoms. The summed E-state index contributed by atoms with van der Waals surface area (Å²) in [5, 5.41) is 6.00. The molecule has 0 unspecified atom stereocenters. The van der Waals surface area contributed by atoms with Crippen LogP contribution in [0.15, 0.2) is 61.1 Å². The third-order valence-electron chi connectivity index (χ3n) is 7.01. The van der Waals surface area contributed by atoms with Gasteiger partial charge < -0.3 is 19.8 Å². The van der Waals surface area contributed by atoms with Gasteiger partial charge in [0.25, 0.3) is 5.91 Å². The van der Waals surface area contributed by atoms with Crippen molar-refractivity contribution in [1.29, 1.82) is 0 Å². The maximum absolute atomic E-state index is 13.9. The number of carbonyl (C=O) groups excluding carboxylic acids is 1. The summed E-state index contributed by atoms with van der Waals surface area (Å²) in [7, 11) is 0. The molecule has 0 atom stereocenters. The zero-order valence-corrected chi connectivity index (χ0v) is 21.5. The summed E-state index contributed by atoms with van der Waals surface area (Å²) in [5.74, 6) is -0.171. The largest absolute Gasteiger partial charge is 0.455 e. The normalized spacial score (nSPS) is 14.6. The molecule has 2 N–H and O–H groups in total. The number of alkyl halides is 3. The van der Waals surface area contributed by atoms with Gasteiger partial charge in [0.05, 0.1) is 23.9 Å². The van der Waals surface area contributed by atoms with Crippen LogP contribution in [0.3, 0.4) is 0 Å². The lowest BCUT2D eigenvalue weighted by Crippen LogP contribution is -2.51. The zero-order valence-electron chi connectivity index (χ0n) is 21.5. The average molecular weight is 541 g/mol. The molecule has 5 rings (SSSR count). The number of anilines is 1. The third-order valence-corrected chi connectivity index (χ3v) is 7.01. The molecule has 1 fully saturated rings. The molecule has 4 aromatic rings. The van der Waals surface area contributed by atoms with Crippen LogP contribution in [0.2, 0.25) is 0 Å². The Morgan fingerprint density at radius 1 is 1.18 bits per heavy atom. The molecule has 1 amide bonds. The summed E-state index contributed by atoms with van der Waals surface area (Å²) in [6.07, 6.45) is 2.34. The minimum Gasteiger partial charge on any atom is -0.455 e. The van der Waals surface area contributed by atoms with Crippen molar-refractivity contribution in [2.24, 2.45) is 0 Å². The second-order valence-electron chi connectivity index (χ2n) is 10.2. The van der Waals surface area contributed by atoms with E-state index in [0.29, 0.717) is 33.6 Å². The Hall–Kier alpha value is -4.08. The Labute approximate surface area is 223 Å². The number of benzene rings is 2. The lowest BCUT2D eigenvalue weighted by atomic mass is 9.78. The van der Waals surface area contributed by atoms with Crippen molar-refractivity contribution in [1.82, 2.24) is 14.7 Å². The lowest BCUT2D eigenvalue weighted by molar-refractivity contribution is -0.131. The van der Waals surface area contributed by atoms with Gasteiger partial charge in [0.1, 0.15) is 11.6 Å². The molecule has 1 aliphatic carbocycles. The molecule has 0 spiro atoms. The van der Waals surface area contributed by atoms with Crippen molar-refractivity contribution in [3.8, 4) is 22.6 Å². The number of pyridine rings is 1. The van der Waals surface area contributed by atoms with E-state index in [0.717, 1.165) is 19.3 Å². The summed E-state index contributed by atoms with van der Waals surface area (Å²) in [6.45, 7) is 3.44. The van der Waals surface area contributed by atoms with Crippen LogP contribution in [-0.2, 0) is 0 Å². The fraction of sp³-hybridized carbons (Fsp3) is 0.310. The van der Waals surface area contributed by atoms with E-state index >= 15 is 0 Å². The van der Waals surface area contributed by atoms with Gasteiger partial charge in [-0.05, 0) is 62.4 Å². The standard InChI is InChI=1S/C29H28F4N4O2/c1-18-15-19(7-8-22(18)27(38)36-28(2)9-4-10-28)24-23(39-21-6-3-5-20(30)16-21)17-37-14-13-35-26(37)25(24)34-12-11-29(31,32)33/h3,5-8,13-17,34H,4,9-12H2,1-2H3,(H,36,38). The Bertz CT molecular complexity index is 1530. The van der Waals surface area contributed by atoms with E-state index < -0.39 is 18.4 Å². The maximum Gasteiger partial charge on any atom is 0.390 e. The second kappa shape index (κ2) is 10.2. The van der Waals surface area contributed by atoms with Gasteiger partial charge >= 0.3 is 6.18 Å². The van der Waals surface area contributed by atoms with Crippen LogP contribution in [0.25, 0.3) is 16.8 Å². The summed E-state index contributed by atoms with van der Waals surface area (Å²) in [6, 6.07) is 10.8. The molecular formula is C29H28F4N4O2. The van der Waals surface area contributed by atoms with Crippen LogP contribution in [0.1, 0.15) is 48.5 Å². The van der Waals surface area contributed by atoms with Crippen molar-refractivity contribution in [3.63, 3.8) is 0 Å². The highest BCUT2D eigenvalue weighted by molar-refractivity contribution is 5.98. The van der Waals surface area contributed by atoms with Gasteiger partial charge in [-0.1, -0.05) is 18.2 Å². The molecule has 10 heteroatoms. The minimum absolute atomic E-state index is 0.176. The highest BCUT2D eigenvalue weighted by Gasteiger charge is 2.34. The fourth-order valence-corrected chi connectivity index (χ4v) is 4.80. The first-order valence-corrected chi connectivity index (χ1v) is 12.7. The number of hydrogen-bond donors (Lipinski definition) is 2. The Kier molecular flexibility index (Phi) is 6.96. The van der Waals surface area contributed by atoms with Crippen molar-refractivity contribution in [3.05, 3.63) is 78.0 Å². The van der Waals surface area contributed by atoms with E-state index in [4.69, 9.17) is 4.74 Å². The molecule has 2 aromatic carbocycles. The number of amides is 1. The van der Waals surface area contributed by atoms with Crippen LogP contribution in [0.5, 0.6) is 11.5 Å². The number of hydrogen-bond acceptors (Lipinski definition) is 4. The van der Waals surface area contributed by atoms with E-state index in [1.807, 2.05) is 6.92 Å². The number of imidazole rings is 1. The Morgan fingerprint density at radius 3 is 2.64 bits per heavy atom. The summed E-state index contributed by atoms with van der Waals surface area (Å²) in [4.78, 5) is 17.3. The van der Waals surface area contributed by atoms with E-state index in [9.17, 15) is 22.4 Å². The number of carbonyl (C=O) groups is 1. The number of rotatable bonds is 8. The van der Waals surface area contributed by atoms with E-state index in [1.165, 1.54) is 24.4 Å². The minimum atomic E-state index is -4.35. The fourth-order valence-electron chi connectivity index (χ4n) is 4.80. The molecule has 204 valence electrons. The molecule has 0 bridgehead atoms. The van der Waals surface area contributed by atoms with Crippen molar-refractivity contribution >= 4 is 17.2 Å². The summed E-state index contributed by atoms with van der Waals surface area (Å²) >= 11 is 0. The second-order valence-corrected chi connectivity index (χ2v) is 10.2. The van der Waals surface area contributed by atoms with E-state index in [2.05, 4.69) is 15.6 Å². The first-order chi connectivity index (χ1) is 18.5. The van der Waals surface area contributed by atoms with Gasteiger partial charge in [-0.3, -0.25) is 4.79 Å². The van der Waals surface area contributed by atoms with Gasteiger partial charge in [0.2, 0.25) is 0 Å². The predicted molar refractivity (Wildman–Crippen MR) is 141 cm³/mol. The number of fused-ring (bicyclic) bond motifs is 1. The molecular weight excluding hydrogens is 512 g/mol. The van der Waals surface area contributed by atoms with Gasteiger partial charge in [0.15, 0.2) is 11.4 Å². The van der Waals surface area contributed by atoms with Crippen molar-refractivity contribution in [2.75, 3.05) is 11.9 Å². The first-order valence-electron chi connectivity index (χ1n) is 12.7. The maximum atomic E-state index is 13.9. The number of nitrogens with one attached hydrogen (secondary N) is 2. The topological polar surface area (TPSA) is 67.7 Å². The highest BCUT2D eigenvalue weighted by atomic mass is 19.4. The number of aryl methyl sites for hydroxylation is 1. The number of halogens is 4. The molecule has 0 aliphatic heterocycles. The number of nitrogens with zero attached hydrogens (tertiary/aromatic N) is 2. The van der Waals surface area contributed by atoms with E-state index in [-0.39, 0.29) is 29.5 Å². The van der Waals surface area contributed by atoms with Gasteiger partial charge in [-0.2, -0.15) is 13.2 Å². The third kappa shape index (κ3) is 5.84. The molecule has 1 aliphatic rings. The first kappa shape index (κ1) is 26.5. The number of aromatic nitrogens is 2. The quantitative estimate of drug-likeness (QED) is 0.231. The predicted octanol–water partition coefficient (Wildman–Crippen LogP) is 7.28. The molecule has 0 saturated heterocycles. The zero-order chi connectivity index (χ0) is 27.8. The molecule has 2 heterocycles. The molecule has 2 aromatic heterocycles. The monoisotopic (exact) mass is 540 g/mol. The van der Waals surface area contributed by atoms with Crippen LogP contribution in [0, 0.1) is 12.7 Å². The van der Waals surface area contributed by atoms with Crippen LogP contribution in [-0.4, -0.2) is 33.6 Å². The number of ether oxygens (including phenoxy) is 1. The van der Waals surface area contributed by atoms with Gasteiger partial charge in [-0.15, -0.1) is 0 Å². The van der Waals surface area contributed by atoms with Crippen LogP contribution in [0.4, 0.5) is 23.2 Å². The van der Waals surface area contributed by atoms with E-state index in [1.54, 1.807) is 48.0 Å². The molecule has 0 radical (unpaired) electrons. The SMILES string of the molecule is Cc1cc(-c2c(Oc3cccc(F)c3)cn3ccnc3c2NCCC(F)(F)F)ccc1C(=O)NC1(C)CCC1. The highest BCUT2D eigenvalue weighted by Crippen LogP contribution is 2.42. The van der Waals surface area contributed by atoms with Crippen molar-refractivity contribution < 1.29 is 27.1 Å². The summed E-state index contributed by atoms with van der Waals surface area (Å²) in [5.41, 5.74) is 2.76. The Balaban J connectivity index is 1.59. The lowest BCUT2D eigenvalue weighted by Gasteiger charge is -2.39.